The Balaban J connectivity index is 0.000000212. The van der Waals surface area contributed by atoms with Crippen molar-refractivity contribution in [2.75, 3.05) is 46.5 Å². The third-order valence-electron chi connectivity index (χ3n) is 4.86. The summed E-state index contributed by atoms with van der Waals surface area (Å²) in [5.74, 6) is 0. The van der Waals surface area contributed by atoms with Gasteiger partial charge < -0.3 is 14.4 Å². The van der Waals surface area contributed by atoms with Crippen LogP contribution in [-0.4, -0.2) is 67.9 Å². The lowest BCUT2D eigenvalue weighted by Gasteiger charge is -2.30. The summed E-state index contributed by atoms with van der Waals surface area (Å²) in [6.07, 6.45) is 7.58. The van der Waals surface area contributed by atoms with E-state index < -0.39 is 0 Å². The normalized spacial score (nSPS) is 22.5. The van der Waals surface area contributed by atoms with Gasteiger partial charge in [0.05, 0.1) is 13.2 Å². The lowest BCUT2D eigenvalue weighted by Crippen LogP contribution is -2.42. The molecule has 0 radical (unpaired) electrons. The van der Waals surface area contributed by atoms with Gasteiger partial charge in [-0.3, -0.25) is 4.90 Å². The van der Waals surface area contributed by atoms with E-state index in [0.29, 0.717) is 12.1 Å². The summed E-state index contributed by atoms with van der Waals surface area (Å²) >= 11 is 0. The van der Waals surface area contributed by atoms with Gasteiger partial charge in [-0.25, -0.2) is 4.79 Å². The molecule has 3 aliphatic heterocycles. The Labute approximate surface area is 151 Å². The highest BCUT2D eigenvalue weighted by molar-refractivity contribution is 14.0. The number of carbonyl (C=O) groups excluding carboxylic acids is 1. The van der Waals surface area contributed by atoms with Crippen LogP contribution in [0.4, 0.5) is 4.79 Å². The molecule has 3 fully saturated rings. The second kappa shape index (κ2) is 9.93. The summed E-state index contributed by atoms with van der Waals surface area (Å²) in [6.45, 7) is 7.63. The van der Waals surface area contributed by atoms with Crippen LogP contribution in [0.1, 0.15) is 45.4 Å². The number of hydrogen-bond acceptors (Lipinski definition) is 4. The minimum Gasteiger partial charge on any atom is -0.450 e. The molecule has 0 saturated carbocycles. The molecule has 3 aliphatic rings. The van der Waals surface area contributed by atoms with Crippen molar-refractivity contribution in [1.82, 2.24) is 9.80 Å². The number of likely N-dealkylation sites (tertiary alicyclic amines) is 1. The van der Waals surface area contributed by atoms with E-state index in [1.54, 1.807) is 4.90 Å². The average Bonchev–Trinajstić information content (AvgIpc) is 3.16. The Hall–Kier alpha value is -0.0800. The molecule has 3 saturated heterocycles. The zero-order valence-corrected chi connectivity index (χ0v) is 16.3. The third-order valence-corrected chi connectivity index (χ3v) is 4.86. The standard InChI is InChI=1S/C9H17NO.C7H13NO2.HI/c1-11-8-9-4-2-6-10(9)7-3-5-9;1-2-10-7(9)8-5-3-4-6-8;/h2-8H2,1H3;2-6H2,1H3;1H. The lowest BCUT2D eigenvalue weighted by atomic mass is 9.95. The van der Waals surface area contributed by atoms with Crippen LogP contribution in [0, 0.1) is 0 Å². The summed E-state index contributed by atoms with van der Waals surface area (Å²) in [5, 5.41) is 0. The van der Waals surface area contributed by atoms with Crippen LogP contribution >= 0.6 is 24.0 Å². The molecule has 3 rings (SSSR count). The van der Waals surface area contributed by atoms with Gasteiger partial charge >= 0.3 is 6.09 Å². The molecule has 3 heterocycles. The van der Waals surface area contributed by atoms with Crippen molar-refractivity contribution in [2.24, 2.45) is 0 Å². The molecule has 0 spiro atoms. The Morgan fingerprint density at radius 3 is 2.14 bits per heavy atom. The fourth-order valence-corrected chi connectivity index (χ4v) is 3.84. The zero-order valence-electron chi connectivity index (χ0n) is 14.0. The maximum Gasteiger partial charge on any atom is 0.409 e. The molecule has 22 heavy (non-hydrogen) atoms. The van der Waals surface area contributed by atoms with Gasteiger partial charge in [-0.15, -0.1) is 24.0 Å². The number of fused-ring (bicyclic) bond motifs is 1. The van der Waals surface area contributed by atoms with Crippen molar-refractivity contribution in [3.05, 3.63) is 0 Å². The van der Waals surface area contributed by atoms with Gasteiger partial charge in [0, 0.05) is 25.7 Å². The van der Waals surface area contributed by atoms with Crippen LogP contribution in [0.15, 0.2) is 0 Å². The predicted molar refractivity (Wildman–Crippen MR) is 97.9 cm³/mol. The van der Waals surface area contributed by atoms with E-state index in [1.807, 2.05) is 14.0 Å². The van der Waals surface area contributed by atoms with Crippen molar-refractivity contribution >= 4 is 30.1 Å². The summed E-state index contributed by atoms with van der Waals surface area (Å²) in [4.78, 5) is 15.3. The molecule has 5 nitrogen and oxygen atoms in total. The van der Waals surface area contributed by atoms with Crippen LogP contribution in [0.5, 0.6) is 0 Å². The van der Waals surface area contributed by atoms with Crippen molar-refractivity contribution in [3.8, 4) is 0 Å². The van der Waals surface area contributed by atoms with Gasteiger partial charge in [-0.05, 0) is 58.5 Å². The zero-order chi connectivity index (χ0) is 15.1. The van der Waals surface area contributed by atoms with E-state index >= 15 is 0 Å². The number of rotatable bonds is 3. The number of carbonyl (C=O) groups is 1. The lowest BCUT2D eigenvalue weighted by molar-refractivity contribution is 0.0655. The Morgan fingerprint density at radius 1 is 1.05 bits per heavy atom. The van der Waals surface area contributed by atoms with E-state index in [9.17, 15) is 4.79 Å². The minimum atomic E-state index is -0.153. The Kier molecular flexibility index (Phi) is 9.01. The van der Waals surface area contributed by atoms with E-state index in [1.165, 1.54) is 38.8 Å². The summed E-state index contributed by atoms with van der Waals surface area (Å²) in [6, 6.07) is 0. The third kappa shape index (κ3) is 4.96. The molecule has 0 N–H and O–H groups in total. The van der Waals surface area contributed by atoms with Crippen LogP contribution in [0.25, 0.3) is 0 Å². The predicted octanol–water partition coefficient (Wildman–Crippen LogP) is 3.12. The van der Waals surface area contributed by atoms with Crippen molar-refractivity contribution in [3.63, 3.8) is 0 Å². The molecule has 6 heteroatoms. The number of ether oxygens (including phenoxy) is 2. The molecule has 130 valence electrons. The van der Waals surface area contributed by atoms with Gasteiger partial charge in [-0.2, -0.15) is 0 Å². The van der Waals surface area contributed by atoms with Gasteiger partial charge in [0.25, 0.3) is 0 Å². The molecular weight excluding hydrogens is 395 g/mol. The SMILES string of the molecule is CCOC(=O)N1CCCC1.COCC12CCCN1CCC2.I. The highest BCUT2D eigenvalue weighted by Crippen LogP contribution is 2.38. The summed E-state index contributed by atoms with van der Waals surface area (Å²) in [5.41, 5.74) is 0.467. The molecule has 0 bridgehead atoms. The molecule has 0 aromatic heterocycles. The van der Waals surface area contributed by atoms with E-state index in [-0.39, 0.29) is 30.1 Å². The summed E-state index contributed by atoms with van der Waals surface area (Å²) in [7, 11) is 1.82. The van der Waals surface area contributed by atoms with Gasteiger partial charge in [-0.1, -0.05) is 0 Å². The van der Waals surface area contributed by atoms with Crippen LogP contribution in [0.2, 0.25) is 0 Å². The smallest absolute Gasteiger partial charge is 0.409 e. The van der Waals surface area contributed by atoms with Crippen molar-refractivity contribution in [1.29, 1.82) is 0 Å². The second-order valence-electron chi connectivity index (χ2n) is 6.24. The molecular formula is C16H31IN2O3. The van der Waals surface area contributed by atoms with Gasteiger partial charge in [0.1, 0.15) is 0 Å². The van der Waals surface area contributed by atoms with E-state index in [4.69, 9.17) is 9.47 Å². The average molecular weight is 426 g/mol. The van der Waals surface area contributed by atoms with Crippen LogP contribution in [0.3, 0.4) is 0 Å². The topological polar surface area (TPSA) is 42.0 Å². The first-order valence-corrected chi connectivity index (χ1v) is 8.37. The molecule has 0 atom stereocenters. The molecule has 0 unspecified atom stereocenters. The van der Waals surface area contributed by atoms with Crippen LogP contribution in [-0.2, 0) is 9.47 Å². The molecule has 1 amide bonds. The number of nitrogens with zero attached hydrogens (tertiary/aromatic N) is 2. The Bertz CT molecular complexity index is 325. The quantitative estimate of drug-likeness (QED) is 0.651. The van der Waals surface area contributed by atoms with Gasteiger partial charge in [0.2, 0.25) is 0 Å². The largest absolute Gasteiger partial charge is 0.450 e. The maximum absolute atomic E-state index is 10.9. The number of hydrogen-bond donors (Lipinski definition) is 0. The fourth-order valence-electron chi connectivity index (χ4n) is 3.84. The van der Waals surface area contributed by atoms with E-state index in [2.05, 4.69) is 4.90 Å². The highest BCUT2D eigenvalue weighted by Gasteiger charge is 2.43. The monoisotopic (exact) mass is 426 g/mol. The fraction of sp³-hybridized carbons (Fsp3) is 0.938. The van der Waals surface area contributed by atoms with Crippen molar-refractivity contribution in [2.45, 2.75) is 51.0 Å². The first-order valence-electron chi connectivity index (χ1n) is 8.37. The number of methoxy groups -OCH3 is 1. The first-order chi connectivity index (χ1) is 10.2. The van der Waals surface area contributed by atoms with Crippen molar-refractivity contribution < 1.29 is 14.3 Å². The first kappa shape index (κ1) is 20.0. The van der Waals surface area contributed by atoms with Crippen LogP contribution < -0.4 is 0 Å². The molecule has 0 aromatic rings. The maximum atomic E-state index is 10.9. The number of halogens is 1. The molecule has 0 aliphatic carbocycles. The van der Waals surface area contributed by atoms with Gasteiger partial charge in [0.15, 0.2) is 0 Å². The highest BCUT2D eigenvalue weighted by atomic mass is 127. The minimum absolute atomic E-state index is 0. The molecule has 0 aromatic carbocycles. The number of amides is 1. The summed E-state index contributed by atoms with van der Waals surface area (Å²) < 4.78 is 10.1. The Morgan fingerprint density at radius 2 is 1.64 bits per heavy atom. The van der Waals surface area contributed by atoms with E-state index in [0.717, 1.165) is 32.5 Å². The second-order valence-corrected chi connectivity index (χ2v) is 6.24.